The molecule has 6 heteroatoms. The number of hydrogen-bond acceptors (Lipinski definition) is 6. The van der Waals surface area contributed by atoms with E-state index in [2.05, 4.69) is 6.07 Å². The second-order valence-electron chi connectivity index (χ2n) is 16.1. The van der Waals surface area contributed by atoms with Gasteiger partial charge in [0.2, 0.25) is 0 Å². The molecule has 0 amide bonds. The van der Waals surface area contributed by atoms with Gasteiger partial charge in [0.05, 0.1) is 19.8 Å². The normalized spacial score (nSPS) is 47.5. The molecule has 6 nitrogen and oxygen atoms in total. The first-order chi connectivity index (χ1) is 20.1. The maximum absolute atomic E-state index is 6.96. The molecule has 3 aliphatic heterocycles. The molecule has 1 aromatic carbocycles. The van der Waals surface area contributed by atoms with Crippen LogP contribution in [0, 0.1) is 35.5 Å². The minimum absolute atomic E-state index is 0.177. The smallest absolute Gasteiger partial charge is 0.165 e. The molecule has 11 aliphatic rings. The van der Waals surface area contributed by atoms with Gasteiger partial charge in [-0.05, 0) is 113 Å². The lowest BCUT2D eigenvalue weighted by Gasteiger charge is -2.61. The summed E-state index contributed by atoms with van der Waals surface area (Å²) in [4.78, 5) is 0. The van der Waals surface area contributed by atoms with Crippen molar-refractivity contribution < 1.29 is 28.4 Å². The van der Waals surface area contributed by atoms with Crippen molar-refractivity contribution in [2.24, 2.45) is 35.5 Å². The van der Waals surface area contributed by atoms with Crippen LogP contribution in [-0.4, -0.2) is 58.0 Å². The topological polar surface area (TPSA) is 65.3 Å². The zero-order chi connectivity index (χ0) is 26.8. The summed E-state index contributed by atoms with van der Waals surface area (Å²) in [6.45, 7) is 4.26. The van der Waals surface area contributed by atoms with E-state index in [0.29, 0.717) is 19.8 Å². The summed E-state index contributed by atoms with van der Waals surface area (Å²) in [5.41, 5.74) is 3.47. The van der Waals surface area contributed by atoms with Crippen LogP contribution in [0.25, 0.3) is 0 Å². The third-order valence-electron chi connectivity index (χ3n) is 12.8. The second-order valence-corrected chi connectivity index (χ2v) is 16.1. The molecular formula is C35H46O6. The predicted octanol–water partition coefficient (Wildman–Crippen LogP) is 5.96. The van der Waals surface area contributed by atoms with Gasteiger partial charge in [0.1, 0.15) is 43.9 Å². The van der Waals surface area contributed by atoms with Gasteiger partial charge < -0.3 is 28.4 Å². The Bertz CT molecular complexity index is 1140. The Labute approximate surface area is 244 Å². The molecule has 3 saturated heterocycles. The standard InChI is InChI=1S/C35H46O6/c1-20-2-22-3-21(1)9-34(8-20,10-22)31-29(39-17-26-14-36-26)7-30(40-18-27-15-37-27)33(41-19-28-16-38-28)32(31)35-11-23-4-24(12-35)6-25(5-23)13-35/h7,20-28H,1-6,8-19H2. The fourth-order valence-corrected chi connectivity index (χ4v) is 11.9. The highest BCUT2D eigenvalue weighted by molar-refractivity contribution is 5.64. The summed E-state index contributed by atoms with van der Waals surface area (Å²) in [5, 5.41) is 0. The fraction of sp³-hybridized carbons (Fsp3) is 0.829. The molecule has 3 unspecified atom stereocenters. The van der Waals surface area contributed by atoms with Gasteiger partial charge in [0.15, 0.2) is 11.5 Å². The van der Waals surface area contributed by atoms with Crippen LogP contribution in [0.2, 0.25) is 0 Å². The van der Waals surface area contributed by atoms with Crippen LogP contribution in [-0.2, 0) is 25.0 Å². The van der Waals surface area contributed by atoms with Gasteiger partial charge in [-0.3, -0.25) is 0 Å². The summed E-state index contributed by atoms with van der Waals surface area (Å²) in [7, 11) is 0. The van der Waals surface area contributed by atoms with Crippen LogP contribution in [0.1, 0.15) is 88.2 Å². The zero-order valence-corrected chi connectivity index (χ0v) is 24.5. The molecule has 8 bridgehead atoms. The molecule has 0 spiro atoms. The molecule has 8 saturated carbocycles. The van der Waals surface area contributed by atoms with E-state index in [0.717, 1.165) is 72.6 Å². The molecule has 3 heterocycles. The summed E-state index contributed by atoms with van der Waals surface area (Å²) in [6.07, 6.45) is 17.2. The number of ether oxygens (including phenoxy) is 6. The highest BCUT2D eigenvalue weighted by Crippen LogP contribution is 2.69. The highest BCUT2D eigenvalue weighted by atomic mass is 16.6. The Balaban J connectivity index is 1.18. The summed E-state index contributed by atoms with van der Waals surface area (Å²) < 4.78 is 37.4. The number of epoxide rings is 3. The quantitative estimate of drug-likeness (QED) is 0.311. The van der Waals surface area contributed by atoms with E-state index in [1.165, 1.54) is 82.6 Å². The van der Waals surface area contributed by atoms with E-state index in [4.69, 9.17) is 28.4 Å². The Morgan fingerprint density at radius 1 is 0.512 bits per heavy atom. The SMILES string of the molecule is c1c(OCC2CO2)c(OCC2CO2)c(C23CC4CC(CC(C4)C2)C3)c(C23CC4CC(CC(C4)C2)C3)c1OCC1CO1. The van der Waals surface area contributed by atoms with Crippen molar-refractivity contribution in [1.29, 1.82) is 0 Å². The maximum Gasteiger partial charge on any atom is 0.165 e. The van der Waals surface area contributed by atoms with E-state index in [9.17, 15) is 0 Å². The van der Waals surface area contributed by atoms with Crippen LogP contribution in [0.3, 0.4) is 0 Å². The van der Waals surface area contributed by atoms with Crippen molar-refractivity contribution in [2.75, 3.05) is 39.6 Å². The second kappa shape index (κ2) is 9.01. The van der Waals surface area contributed by atoms with Crippen molar-refractivity contribution in [3.8, 4) is 17.2 Å². The van der Waals surface area contributed by atoms with Gasteiger partial charge in [0, 0.05) is 28.0 Å². The Hall–Kier alpha value is -1.50. The van der Waals surface area contributed by atoms with Crippen LogP contribution in [0.4, 0.5) is 0 Å². The minimum Gasteiger partial charge on any atom is -0.490 e. The fourth-order valence-electron chi connectivity index (χ4n) is 11.9. The van der Waals surface area contributed by atoms with Crippen LogP contribution in [0.15, 0.2) is 6.07 Å². The number of rotatable bonds is 11. The molecule has 222 valence electrons. The minimum atomic E-state index is 0.177. The molecule has 0 aromatic heterocycles. The molecule has 0 radical (unpaired) electrons. The van der Waals surface area contributed by atoms with E-state index >= 15 is 0 Å². The van der Waals surface area contributed by atoms with Crippen LogP contribution >= 0.6 is 0 Å². The van der Waals surface area contributed by atoms with E-state index in [1.54, 1.807) is 5.56 Å². The average molecular weight is 563 g/mol. The van der Waals surface area contributed by atoms with Gasteiger partial charge in [-0.1, -0.05) is 0 Å². The van der Waals surface area contributed by atoms with Crippen molar-refractivity contribution >= 4 is 0 Å². The number of benzene rings is 1. The van der Waals surface area contributed by atoms with Crippen molar-refractivity contribution in [2.45, 2.75) is 106 Å². The average Bonchev–Trinajstić information content (AvgIpc) is 3.78. The Kier molecular flexibility index (Phi) is 5.47. The first-order valence-electron chi connectivity index (χ1n) is 17.0. The van der Waals surface area contributed by atoms with E-state index in [-0.39, 0.29) is 29.1 Å². The molecule has 1 aromatic rings. The van der Waals surface area contributed by atoms with Crippen LogP contribution in [0.5, 0.6) is 17.2 Å². The Morgan fingerprint density at radius 2 is 0.878 bits per heavy atom. The molecule has 41 heavy (non-hydrogen) atoms. The van der Waals surface area contributed by atoms with Crippen molar-refractivity contribution in [3.05, 3.63) is 17.2 Å². The van der Waals surface area contributed by atoms with E-state index in [1.807, 2.05) is 0 Å². The Morgan fingerprint density at radius 3 is 1.29 bits per heavy atom. The zero-order valence-electron chi connectivity index (χ0n) is 24.5. The van der Waals surface area contributed by atoms with Crippen molar-refractivity contribution in [1.82, 2.24) is 0 Å². The monoisotopic (exact) mass is 562 g/mol. The lowest BCUT2D eigenvalue weighted by atomic mass is 9.44. The summed E-state index contributed by atoms with van der Waals surface area (Å²) in [5.74, 6) is 8.22. The first kappa shape index (κ1) is 24.9. The van der Waals surface area contributed by atoms with Crippen molar-refractivity contribution in [3.63, 3.8) is 0 Å². The molecule has 11 fully saturated rings. The number of hydrogen-bond donors (Lipinski definition) is 0. The lowest BCUT2D eigenvalue weighted by molar-refractivity contribution is -0.0197. The van der Waals surface area contributed by atoms with Gasteiger partial charge >= 0.3 is 0 Å². The molecule has 0 N–H and O–H groups in total. The highest BCUT2D eigenvalue weighted by Gasteiger charge is 2.59. The first-order valence-corrected chi connectivity index (χ1v) is 17.0. The van der Waals surface area contributed by atoms with Gasteiger partial charge in [-0.15, -0.1) is 0 Å². The van der Waals surface area contributed by atoms with Crippen LogP contribution < -0.4 is 14.2 Å². The summed E-state index contributed by atoms with van der Waals surface area (Å²) in [6, 6.07) is 2.24. The van der Waals surface area contributed by atoms with E-state index < -0.39 is 0 Å². The van der Waals surface area contributed by atoms with Gasteiger partial charge in [-0.25, -0.2) is 0 Å². The molecular weight excluding hydrogens is 516 g/mol. The largest absolute Gasteiger partial charge is 0.490 e. The molecule has 8 aliphatic carbocycles. The molecule has 3 atom stereocenters. The lowest BCUT2D eigenvalue weighted by Crippen LogP contribution is -2.52. The predicted molar refractivity (Wildman–Crippen MR) is 152 cm³/mol. The summed E-state index contributed by atoms with van der Waals surface area (Å²) >= 11 is 0. The third kappa shape index (κ3) is 4.36. The third-order valence-corrected chi connectivity index (χ3v) is 12.8. The van der Waals surface area contributed by atoms with Gasteiger partial charge in [-0.2, -0.15) is 0 Å². The van der Waals surface area contributed by atoms with Gasteiger partial charge in [0.25, 0.3) is 0 Å². The molecule has 12 rings (SSSR count). The maximum atomic E-state index is 6.96.